The maximum absolute atomic E-state index is 12.6. The molecule has 4 rings (SSSR count). The van der Waals surface area contributed by atoms with Crippen molar-refractivity contribution in [3.8, 4) is 17.2 Å². The standard InChI is InChI=1S/C22H18Cl2N2O6S/c23-15-2-4-16(5-3-15)26-33(28,29)17-6-8-19(18(24)10-17)30-12-22(27)25-11-14-1-7-20-21(9-14)32-13-31-20/h1-10,26H,11-13H2,(H,25,27). The zero-order valence-electron chi connectivity index (χ0n) is 17.0. The number of carbonyl (C=O) groups is 1. The van der Waals surface area contributed by atoms with E-state index >= 15 is 0 Å². The second-order valence-corrected chi connectivity index (χ2v) is 9.48. The van der Waals surface area contributed by atoms with Gasteiger partial charge in [0.1, 0.15) is 5.75 Å². The number of hydrogen-bond acceptors (Lipinski definition) is 6. The average Bonchev–Trinajstić information content (AvgIpc) is 3.26. The van der Waals surface area contributed by atoms with Crippen molar-refractivity contribution in [1.29, 1.82) is 0 Å². The van der Waals surface area contributed by atoms with Crippen LogP contribution in [0.2, 0.25) is 10.0 Å². The summed E-state index contributed by atoms with van der Waals surface area (Å²) < 4.78 is 43.6. The first-order chi connectivity index (χ1) is 15.8. The Balaban J connectivity index is 1.32. The maximum Gasteiger partial charge on any atom is 0.261 e. The fourth-order valence-corrected chi connectivity index (χ4v) is 4.45. The first-order valence-corrected chi connectivity index (χ1v) is 11.9. The van der Waals surface area contributed by atoms with Gasteiger partial charge in [0.15, 0.2) is 18.1 Å². The lowest BCUT2D eigenvalue weighted by Crippen LogP contribution is -2.28. The molecule has 1 amide bonds. The molecule has 0 atom stereocenters. The third-order valence-electron chi connectivity index (χ3n) is 4.60. The molecule has 0 saturated carbocycles. The van der Waals surface area contributed by atoms with E-state index in [1.807, 2.05) is 6.07 Å². The van der Waals surface area contributed by atoms with Crippen LogP contribution in [0.15, 0.2) is 65.6 Å². The average molecular weight is 509 g/mol. The van der Waals surface area contributed by atoms with Crippen LogP contribution in [0.5, 0.6) is 17.2 Å². The van der Waals surface area contributed by atoms with E-state index in [4.69, 9.17) is 37.4 Å². The zero-order chi connectivity index (χ0) is 23.4. The van der Waals surface area contributed by atoms with Crippen molar-refractivity contribution in [3.63, 3.8) is 0 Å². The zero-order valence-corrected chi connectivity index (χ0v) is 19.3. The van der Waals surface area contributed by atoms with Crippen molar-refractivity contribution >= 4 is 44.8 Å². The number of amides is 1. The third kappa shape index (κ3) is 5.81. The van der Waals surface area contributed by atoms with Gasteiger partial charge in [-0.3, -0.25) is 9.52 Å². The summed E-state index contributed by atoms with van der Waals surface area (Å²) in [6, 6.07) is 15.6. The van der Waals surface area contributed by atoms with Crippen molar-refractivity contribution in [2.45, 2.75) is 11.4 Å². The Kier molecular flexibility index (Phi) is 6.83. The number of benzene rings is 3. The molecule has 11 heteroatoms. The highest BCUT2D eigenvalue weighted by molar-refractivity contribution is 7.92. The molecule has 172 valence electrons. The highest BCUT2D eigenvalue weighted by Crippen LogP contribution is 2.32. The Morgan fingerprint density at radius 2 is 1.73 bits per heavy atom. The van der Waals surface area contributed by atoms with E-state index in [2.05, 4.69) is 10.0 Å². The Morgan fingerprint density at radius 1 is 0.970 bits per heavy atom. The van der Waals surface area contributed by atoms with Crippen LogP contribution in [0, 0.1) is 0 Å². The molecule has 3 aromatic carbocycles. The molecule has 3 aromatic rings. The molecule has 0 radical (unpaired) electrons. The number of anilines is 1. The van der Waals surface area contributed by atoms with Crippen LogP contribution in [-0.4, -0.2) is 27.7 Å². The summed E-state index contributed by atoms with van der Waals surface area (Å²) in [5, 5.41) is 3.27. The Morgan fingerprint density at radius 3 is 2.48 bits per heavy atom. The molecule has 8 nitrogen and oxygen atoms in total. The molecular formula is C22H18Cl2N2O6S. The van der Waals surface area contributed by atoms with Crippen LogP contribution in [0.25, 0.3) is 0 Å². The van der Waals surface area contributed by atoms with Gasteiger partial charge < -0.3 is 19.5 Å². The SMILES string of the molecule is O=C(COc1ccc(S(=O)(=O)Nc2ccc(Cl)cc2)cc1Cl)NCc1ccc2c(c1)OCO2. The van der Waals surface area contributed by atoms with Crippen molar-refractivity contribution < 1.29 is 27.4 Å². The van der Waals surface area contributed by atoms with E-state index in [1.54, 1.807) is 36.4 Å². The number of ether oxygens (including phenoxy) is 3. The predicted molar refractivity (Wildman–Crippen MR) is 124 cm³/mol. The van der Waals surface area contributed by atoms with Gasteiger partial charge in [-0.1, -0.05) is 29.3 Å². The molecule has 33 heavy (non-hydrogen) atoms. The van der Waals surface area contributed by atoms with E-state index in [0.29, 0.717) is 22.2 Å². The molecular weight excluding hydrogens is 491 g/mol. The van der Waals surface area contributed by atoms with E-state index in [-0.39, 0.29) is 41.5 Å². The highest BCUT2D eigenvalue weighted by Gasteiger charge is 2.17. The van der Waals surface area contributed by atoms with Crippen molar-refractivity contribution in [3.05, 3.63) is 76.3 Å². The van der Waals surface area contributed by atoms with E-state index in [0.717, 1.165) is 5.56 Å². The van der Waals surface area contributed by atoms with Crippen molar-refractivity contribution in [2.75, 3.05) is 18.1 Å². The molecule has 0 saturated heterocycles. The molecule has 1 heterocycles. The highest BCUT2D eigenvalue weighted by atomic mass is 35.5. The molecule has 1 aliphatic rings. The lowest BCUT2D eigenvalue weighted by atomic mass is 10.2. The number of rotatable bonds is 8. The van der Waals surface area contributed by atoms with E-state index in [1.165, 1.54) is 18.2 Å². The van der Waals surface area contributed by atoms with Crippen LogP contribution in [-0.2, 0) is 21.4 Å². The molecule has 0 fully saturated rings. The number of sulfonamides is 1. The van der Waals surface area contributed by atoms with Gasteiger partial charge in [-0.2, -0.15) is 0 Å². The Bertz CT molecular complexity index is 1280. The van der Waals surface area contributed by atoms with Crippen molar-refractivity contribution in [2.24, 2.45) is 0 Å². The molecule has 0 unspecified atom stereocenters. The van der Waals surface area contributed by atoms with Crippen molar-refractivity contribution in [1.82, 2.24) is 5.32 Å². The second-order valence-electron chi connectivity index (χ2n) is 6.96. The second kappa shape index (κ2) is 9.78. The number of nitrogens with one attached hydrogen (secondary N) is 2. The summed E-state index contributed by atoms with van der Waals surface area (Å²) >= 11 is 12.0. The van der Waals surface area contributed by atoms with Crippen LogP contribution in [0.4, 0.5) is 5.69 Å². The molecule has 1 aliphatic heterocycles. The molecule has 2 N–H and O–H groups in total. The van der Waals surface area contributed by atoms with Gasteiger partial charge in [-0.25, -0.2) is 8.42 Å². The van der Waals surface area contributed by atoms with E-state index < -0.39 is 10.0 Å². The van der Waals surface area contributed by atoms with Crippen LogP contribution >= 0.6 is 23.2 Å². The van der Waals surface area contributed by atoms with Crippen LogP contribution in [0.1, 0.15) is 5.56 Å². The summed E-state index contributed by atoms with van der Waals surface area (Å²) in [4.78, 5) is 12.1. The quantitative estimate of drug-likeness (QED) is 0.472. The van der Waals surface area contributed by atoms with Gasteiger partial charge in [-0.05, 0) is 60.2 Å². The minimum absolute atomic E-state index is 0.0533. The molecule has 0 aromatic heterocycles. The third-order valence-corrected chi connectivity index (χ3v) is 6.52. The Labute approximate surface area is 200 Å². The summed E-state index contributed by atoms with van der Waals surface area (Å²) in [6.07, 6.45) is 0. The molecule has 0 spiro atoms. The summed E-state index contributed by atoms with van der Waals surface area (Å²) in [6.45, 7) is 0.163. The lowest BCUT2D eigenvalue weighted by molar-refractivity contribution is -0.123. The number of hydrogen-bond donors (Lipinski definition) is 2. The fraction of sp³-hybridized carbons (Fsp3) is 0.136. The lowest BCUT2D eigenvalue weighted by Gasteiger charge is -2.12. The largest absolute Gasteiger partial charge is 0.482 e. The van der Waals surface area contributed by atoms with Gasteiger partial charge in [0.2, 0.25) is 6.79 Å². The van der Waals surface area contributed by atoms with Crippen LogP contribution in [0.3, 0.4) is 0 Å². The monoisotopic (exact) mass is 508 g/mol. The maximum atomic E-state index is 12.6. The topological polar surface area (TPSA) is 103 Å². The minimum Gasteiger partial charge on any atom is -0.482 e. The normalized spacial score (nSPS) is 12.3. The number of fused-ring (bicyclic) bond motifs is 1. The fourth-order valence-electron chi connectivity index (χ4n) is 2.94. The van der Waals surface area contributed by atoms with Gasteiger partial charge >= 0.3 is 0 Å². The predicted octanol–water partition coefficient (Wildman–Crippen LogP) is 4.22. The first-order valence-electron chi connectivity index (χ1n) is 9.66. The number of halogens is 2. The van der Waals surface area contributed by atoms with E-state index in [9.17, 15) is 13.2 Å². The smallest absolute Gasteiger partial charge is 0.261 e. The van der Waals surface area contributed by atoms with Crippen LogP contribution < -0.4 is 24.2 Å². The van der Waals surface area contributed by atoms with Gasteiger partial charge in [0.25, 0.3) is 15.9 Å². The summed E-state index contributed by atoms with van der Waals surface area (Å²) in [5.74, 6) is 1.10. The first kappa shape index (κ1) is 23.0. The molecule has 0 aliphatic carbocycles. The summed E-state index contributed by atoms with van der Waals surface area (Å²) in [5.41, 5.74) is 1.20. The van der Waals surface area contributed by atoms with Gasteiger partial charge in [0, 0.05) is 17.3 Å². The minimum atomic E-state index is -3.87. The molecule has 0 bridgehead atoms. The summed E-state index contributed by atoms with van der Waals surface area (Å²) in [7, 11) is -3.87. The van der Waals surface area contributed by atoms with Gasteiger partial charge in [0.05, 0.1) is 9.92 Å². The Hall–Kier alpha value is -3.14. The van der Waals surface area contributed by atoms with Gasteiger partial charge in [-0.15, -0.1) is 0 Å². The number of carbonyl (C=O) groups excluding carboxylic acids is 1.